The van der Waals surface area contributed by atoms with Gasteiger partial charge in [0.15, 0.2) is 0 Å². The first-order valence-electron chi connectivity index (χ1n) is 22.6. The maximum absolute atomic E-state index is 5.57. The van der Waals surface area contributed by atoms with E-state index in [0.717, 1.165) is 83.5 Å². The zero-order valence-corrected chi connectivity index (χ0v) is 35.7. The molecule has 14 rings (SSSR count). The molecule has 306 valence electrons. The highest BCUT2D eigenvalue weighted by atomic mass is 15.1. The smallest absolute Gasteiger partial charge is 0.145 e. The van der Waals surface area contributed by atoms with Gasteiger partial charge in [-0.1, -0.05) is 182 Å². The van der Waals surface area contributed by atoms with Crippen molar-refractivity contribution in [2.75, 3.05) is 0 Å². The molecule has 0 aliphatic carbocycles. The Kier molecular flexibility index (Phi) is 7.95. The van der Waals surface area contributed by atoms with Gasteiger partial charge in [-0.15, -0.1) is 0 Å². The first-order chi connectivity index (χ1) is 32.7. The maximum atomic E-state index is 5.57. The standard InChI is InChI=1S/C62H38N4/c1-3-16-39(17-4-1)59-52-27-12-11-26-49(52)53-34-35-54-51-32-30-41(37-58(51)65(61(54)60(53)64-59)43-20-5-2-6-21-43)40-18-15-19-42(36-40)62-63-56-28-13-14-29-57(56)66(62)44-31-33-50-47-24-8-7-22-45(47)46-23-9-10-25-48(46)55(50)38-44/h1-38H. The third-order valence-corrected chi connectivity index (χ3v) is 13.7. The molecule has 4 heteroatoms. The number of fused-ring (bicyclic) bond motifs is 14. The van der Waals surface area contributed by atoms with Crippen molar-refractivity contribution in [2.45, 2.75) is 0 Å². The minimum Gasteiger partial charge on any atom is -0.307 e. The van der Waals surface area contributed by atoms with E-state index in [1.54, 1.807) is 0 Å². The monoisotopic (exact) mass is 838 g/mol. The molecule has 0 fully saturated rings. The van der Waals surface area contributed by atoms with E-state index in [-0.39, 0.29) is 0 Å². The van der Waals surface area contributed by atoms with Gasteiger partial charge in [0.05, 0.1) is 33.3 Å². The molecule has 0 saturated carbocycles. The van der Waals surface area contributed by atoms with E-state index in [1.165, 1.54) is 48.5 Å². The lowest BCUT2D eigenvalue weighted by Crippen LogP contribution is -1.98. The van der Waals surface area contributed by atoms with Gasteiger partial charge in [-0.25, -0.2) is 9.97 Å². The average Bonchev–Trinajstić information content (AvgIpc) is 3.95. The fraction of sp³-hybridized carbons (Fsp3) is 0. The lowest BCUT2D eigenvalue weighted by atomic mass is 9.94. The number of hydrogen-bond acceptors (Lipinski definition) is 2. The van der Waals surface area contributed by atoms with Crippen LogP contribution < -0.4 is 0 Å². The normalized spacial score (nSPS) is 11.9. The molecule has 3 heterocycles. The van der Waals surface area contributed by atoms with E-state index in [1.807, 2.05) is 0 Å². The van der Waals surface area contributed by atoms with Gasteiger partial charge < -0.3 is 4.57 Å². The number of nitrogens with zero attached hydrogens (tertiary/aromatic N) is 4. The molecule has 66 heavy (non-hydrogen) atoms. The summed E-state index contributed by atoms with van der Waals surface area (Å²) in [5.74, 6) is 0.904. The fourth-order valence-corrected chi connectivity index (χ4v) is 10.7. The van der Waals surface area contributed by atoms with E-state index in [9.17, 15) is 0 Å². The molecule has 0 amide bonds. The van der Waals surface area contributed by atoms with Crippen LogP contribution >= 0.6 is 0 Å². The molecule has 14 aromatic rings. The lowest BCUT2D eigenvalue weighted by Gasteiger charge is -2.15. The summed E-state index contributed by atoms with van der Waals surface area (Å²) in [6.45, 7) is 0. The van der Waals surface area contributed by atoms with Crippen LogP contribution in [0.3, 0.4) is 0 Å². The highest BCUT2D eigenvalue weighted by molar-refractivity contribution is 6.26. The summed E-state index contributed by atoms with van der Waals surface area (Å²) >= 11 is 0. The second-order valence-electron chi connectivity index (χ2n) is 17.3. The molecule has 4 nitrogen and oxygen atoms in total. The predicted octanol–water partition coefficient (Wildman–Crippen LogP) is 16.3. The van der Waals surface area contributed by atoms with E-state index < -0.39 is 0 Å². The van der Waals surface area contributed by atoms with Gasteiger partial charge in [-0.2, -0.15) is 0 Å². The van der Waals surface area contributed by atoms with Gasteiger partial charge in [0.1, 0.15) is 5.82 Å². The third-order valence-electron chi connectivity index (χ3n) is 13.7. The average molecular weight is 839 g/mol. The van der Waals surface area contributed by atoms with Crippen molar-refractivity contribution in [2.24, 2.45) is 0 Å². The van der Waals surface area contributed by atoms with Gasteiger partial charge in [0.25, 0.3) is 0 Å². The summed E-state index contributed by atoms with van der Waals surface area (Å²) < 4.78 is 4.75. The quantitative estimate of drug-likeness (QED) is 0.162. The molecular formula is C62H38N4. The summed E-state index contributed by atoms with van der Waals surface area (Å²) in [7, 11) is 0. The molecule has 0 aliphatic heterocycles. The molecule has 0 radical (unpaired) electrons. The summed E-state index contributed by atoms with van der Waals surface area (Å²) in [6.07, 6.45) is 0. The Bertz CT molecular complexity index is 4240. The second-order valence-corrected chi connectivity index (χ2v) is 17.3. The number of imidazole rings is 1. The van der Waals surface area contributed by atoms with Crippen LogP contribution in [0.1, 0.15) is 0 Å². The first kappa shape index (κ1) is 36.6. The van der Waals surface area contributed by atoms with Crippen LogP contribution in [0.5, 0.6) is 0 Å². The van der Waals surface area contributed by atoms with Gasteiger partial charge >= 0.3 is 0 Å². The minimum absolute atomic E-state index is 0.904. The van der Waals surface area contributed by atoms with Crippen LogP contribution in [0.4, 0.5) is 0 Å². The molecule has 0 N–H and O–H groups in total. The van der Waals surface area contributed by atoms with Crippen molar-refractivity contribution in [3.05, 3.63) is 231 Å². The van der Waals surface area contributed by atoms with Gasteiger partial charge in [-0.05, 0) is 97.4 Å². The van der Waals surface area contributed by atoms with Crippen molar-refractivity contribution in [1.29, 1.82) is 0 Å². The zero-order valence-electron chi connectivity index (χ0n) is 35.7. The number of rotatable bonds is 5. The number of hydrogen-bond donors (Lipinski definition) is 0. The SMILES string of the molecule is c1ccc(-c2nc3c(ccc4c5ccc(-c6cccc(-c7nc8ccccc8n7-c7ccc8c9ccccc9c9ccccc9c8c7)c6)cc5n(-c5ccccc5)c43)c3ccccc23)cc1. The van der Waals surface area contributed by atoms with Crippen molar-refractivity contribution < 1.29 is 0 Å². The van der Waals surface area contributed by atoms with Crippen molar-refractivity contribution in [1.82, 2.24) is 19.1 Å². The van der Waals surface area contributed by atoms with E-state index in [4.69, 9.17) is 9.97 Å². The fourth-order valence-electron chi connectivity index (χ4n) is 10.7. The Morgan fingerprint density at radius 2 is 0.818 bits per heavy atom. The molecule has 0 unspecified atom stereocenters. The van der Waals surface area contributed by atoms with E-state index >= 15 is 0 Å². The summed E-state index contributed by atoms with van der Waals surface area (Å²) in [4.78, 5) is 10.9. The Morgan fingerprint density at radius 1 is 0.273 bits per heavy atom. The molecule has 0 spiro atoms. The molecule has 0 saturated heterocycles. The molecule has 11 aromatic carbocycles. The van der Waals surface area contributed by atoms with Gasteiger partial charge in [0.2, 0.25) is 0 Å². The molecule has 0 atom stereocenters. The summed E-state index contributed by atoms with van der Waals surface area (Å²) in [5.41, 5.74) is 12.8. The van der Waals surface area contributed by atoms with Crippen molar-refractivity contribution >= 4 is 86.8 Å². The highest BCUT2D eigenvalue weighted by Crippen LogP contribution is 2.43. The van der Waals surface area contributed by atoms with Crippen LogP contribution in [0.25, 0.3) is 132 Å². The summed E-state index contributed by atoms with van der Waals surface area (Å²) in [5, 5.41) is 13.4. The molecular weight excluding hydrogens is 801 g/mol. The number of benzene rings is 11. The topological polar surface area (TPSA) is 35.6 Å². The Morgan fingerprint density at radius 3 is 1.58 bits per heavy atom. The van der Waals surface area contributed by atoms with Crippen LogP contribution in [0, 0.1) is 0 Å². The van der Waals surface area contributed by atoms with Crippen molar-refractivity contribution in [3.63, 3.8) is 0 Å². The van der Waals surface area contributed by atoms with Gasteiger partial charge in [-0.3, -0.25) is 4.57 Å². The summed E-state index contributed by atoms with van der Waals surface area (Å²) in [6, 6.07) is 83.2. The number of pyridine rings is 1. The zero-order chi connectivity index (χ0) is 43.3. The Hall–Kier alpha value is -8.86. The van der Waals surface area contributed by atoms with Gasteiger partial charge in [0, 0.05) is 44.0 Å². The molecule has 0 bridgehead atoms. The highest BCUT2D eigenvalue weighted by Gasteiger charge is 2.21. The Balaban J connectivity index is 0.974. The maximum Gasteiger partial charge on any atom is 0.145 e. The number of para-hydroxylation sites is 3. The van der Waals surface area contributed by atoms with Crippen LogP contribution in [-0.2, 0) is 0 Å². The second kappa shape index (κ2) is 14.3. The Labute approximate surface area is 379 Å². The van der Waals surface area contributed by atoms with Crippen LogP contribution in [0.2, 0.25) is 0 Å². The third kappa shape index (κ3) is 5.45. The largest absolute Gasteiger partial charge is 0.307 e. The predicted molar refractivity (Wildman–Crippen MR) is 277 cm³/mol. The first-order valence-corrected chi connectivity index (χ1v) is 22.6. The lowest BCUT2D eigenvalue weighted by molar-refractivity contribution is 1.11. The van der Waals surface area contributed by atoms with Crippen LogP contribution in [-0.4, -0.2) is 19.1 Å². The number of aromatic nitrogens is 4. The molecule has 0 aliphatic rings. The van der Waals surface area contributed by atoms with Crippen LogP contribution in [0.15, 0.2) is 231 Å². The molecule has 3 aromatic heterocycles. The minimum atomic E-state index is 0.904. The van der Waals surface area contributed by atoms with E-state index in [2.05, 4.69) is 240 Å². The van der Waals surface area contributed by atoms with E-state index in [0.29, 0.717) is 0 Å². The van der Waals surface area contributed by atoms with Crippen molar-refractivity contribution in [3.8, 4) is 45.1 Å².